The molecule has 0 heterocycles. The van der Waals surface area contributed by atoms with Crippen molar-refractivity contribution in [3.8, 4) is 17.6 Å². The van der Waals surface area contributed by atoms with E-state index in [0.717, 1.165) is 0 Å². The lowest BCUT2D eigenvalue weighted by Crippen LogP contribution is -2.17. The SMILES string of the molecule is COc1cc(/C=N\NC(=O)c2ccc(C#N)cc2)ccc1OC(=O)c1ccc(F)cc1. The van der Waals surface area contributed by atoms with Gasteiger partial charge in [-0.15, -0.1) is 0 Å². The topological polar surface area (TPSA) is 101 Å². The number of carbonyl (C=O) groups excluding carboxylic acids is 2. The van der Waals surface area contributed by atoms with E-state index in [2.05, 4.69) is 10.5 Å². The van der Waals surface area contributed by atoms with Gasteiger partial charge in [0.05, 0.1) is 30.5 Å². The zero-order valence-corrected chi connectivity index (χ0v) is 16.3. The molecule has 0 atom stereocenters. The van der Waals surface area contributed by atoms with Crippen LogP contribution in [0.1, 0.15) is 31.8 Å². The molecule has 1 N–H and O–H groups in total. The number of carbonyl (C=O) groups is 2. The van der Waals surface area contributed by atoms with Crippen LogP contribution in [0.15, 0.2) is 71.8 Å². The molecule has 0 fully saturated rings. The lowest BCUT2D eigenvalue weighted by Gasteiger charge is -2.10. The third kappa shape index (κ3) is 5.52. The highest BCUT2D eigenvalue weighted by molar-refractivity contribution is 5.95. The Morgan fingerprint density at radius 3 is 2.32 bits per heavy atom. The lowest BCUT2D eigenvalue weighted by atomic mass is 10.1. The van der Waals surface area contributed by atoms with Crippen molar-refractivity contribution in [2.45, 2.75) is 0 Å². The summed E-state index contributed by atoms with van der Waals surface area (Å²) in [4.78, 5) is 24.3. The van der Waals surface area contributed by atoms with E-state index in [1.54, 1.807) is 12.1 Å². The van der Waals surface area contributed by atoms with E-state index in [9.17, 15) is 14.0 Å². The Balaban J connectivity index is 1.66. The number of nitrogens with zero attached hydrogens (tertiary/aromatic N) is 2. The number of nitrogens with one attached hydrogen (secondary N) is 1. The predicted octanol–water partition coefficient (Wildman–Crippen LogP) is 3.69. The molecule has 0 aromatic heterocycles. The number of nitriles is 1. The molecule has 0 aliphatic carbocycles. The largest absolute Gasteiger partial charge is 0.493 e. The number of methoxy groups -OCH3 is 1. The first kappa shape index (κ1) is 21.2. The fourth-order valence-electron chi connectivity index (χ4n) is 2.52. The maximum Gasteiger partial charge on any atom is 0.343 e. The molecule has 0 aliphatic rings. The molecule has 1 amide bonds. The molecule has 31 heavy (non-hydrogen) atoms. The maximum absolute atomic E-state index is 13.0. The normalized spacial score (nSPS) is 10.4. The second kappa shape index (κ2) is 9.80. The van der Waals surface area contributed by atoms with Gasteiger partial charge in [-0.05, 0) is 72.3 Å². The Morgan fingerprint density at radius 1 is 1.00 bits per heavy atom. The highest BCUT2D eigenvalue weighted by Crippen LogP contribution is 2.28. The van der Waals surface area contributed by atoms with Gasteiger partial charge in [0.2, 0.25) is 0 Å². The third-order valence-electron chi connectivity index (χ3n) is 4.13. The van der Waals surface area contributed by atoms with Gasteiger partial charge in [-0.3, -0.25) is 4.79 Å². The molecular formula is C23H16FN3O4. The first-order valence-electron chi connectivity index (χ1n) is 8.99. The molecule has 0 saturated carbocycles. The number of amides is 1. The van der Waals surface area contributed by atoms with Crippen LogP contribution in [0.3, 0.4) is 0 Å². The number of esters is 1. The Labute approximate surface area is 177 Å². The van der Waals surface area contributed by atoms with Crippen LogP contribution in [0.2, 0.25) is 0 Å². The van der Waals surface area contributed by atoms with Gasteiger partial charge in [-0.1, -0.05) is 0 Å². The van der Waals surface area contributed by atoms with E-state index in [1.807, 2.05) is 6.07 Å². The summed E-state index contributed by atoms with van der Waals surface area (Å²) in [6, 6.07) is 17.8. The number of benzene rings is 3. The molecule has 0 spiro atoms. The highest BCUT2D eigenvalue weighted by atomic mass is 19.1. The summed E-state index contributed by atoms with van der Waals surface area (Å²) < 4.78 is 23.6. The minimum absolute atomic E-state index is 0.176. The zero-order chi connectivity index (χ0) is 22.2. The third-order valence-corrected chi connectivity index (χ3v) is 4.13. The number of hydrazone groups is 1. The summed E-state index contributed by atoms with van der Waals surface area (Å²) >= 11 is 0. The van der Waals surface area contributed by atoms with E-state index in [-0.39, 0.29) is 17.1 Å². The Kier molecular flexibility index (Phi) is 6.71. The molecule has 3 aromatic rings. The van der Waals surface area contributed by atoms with Crippen molar-refractivity contribution >= 4 is 18.1 Å². The van der Waals surface area contributed by atoms with Crippen molar-refractivity contribution in [1.29, 1.82) is 5.26 Å². The van der Waals surface area contributed by atoms with Gasteiger partial charge < -0.3 is 9.47 Å². The first-order valence-corrected chi connectivity index (χ1v) is 8.99. The van der Waals surface area contributed by atoms with E-state index in [0.29, 0.717) is 16.7 Å². The van der Waals surface area contributed by atoms with Crippen molar-refractivity contribution in [3.63, 3.8) is 0 Å². The summed E-state index contributed by atoms with van der Waals surface area (Å²) in [5.41, 5.74) is 3.97. The Bertz CT molecular complexity index is 1170. The molecule has 0 aliphatic heterocycles. The summed E-state index contributed by atoms with van der Waals surface area (Å²) in [6.45, 7) is 0. The molecule has 0 saturated heterocycles. The summed E-state index contributed by atoms with van der Waals surface area (Å²) in [5, 5.41) is 12.7. The number of halogens is 1. The van der Waals surface area contributed by atoms with Crippen LogP contribution in [-0.4, -0.2) is 25.2 Å². The van der Waals surface area contributed by atoms with Gasteiger partial charge in [-0.25, -0.2) is 14.6 Å². The lowest BCUT2D eigenvalue weighted by molar-refractivity contribution is 0.0729. The molecule has 154 valence electrons. The van der Waals surface area contributed by atoms with Crippen molar-refractivity contribution in [2.24, 2.45) is 5.10 Å². The van der Waals surface area contributed by atoms with Crippen molar-refractivity contribution in [2.75, 3.05) is 7.11 Å². The predicted molar refractivity (Wildman–Crippen MR) is 111 cm³/mol. The minimum atomic E-state index is -0.658. The number of hydrogen-bond acceptors (Lipinski definition) is 6. The van der Waals surface area contributed by atoms with Crippen molar-refractivity contribution < 1.29 is 23.5 Å². The van der Waals surface area contributed by atoms with Gasteiger partial charge in [0.1, 0.15) is 5.82 Å². The molecule has 8 heteroatoms. The van der Waals surface area contributed by atoms with Crippen molar-refractivity contribution in [3.05, 3.63) is 94.8 Å². The van der Waals surface area contributed by atoms with Crippen LogP contribution in [0.4, 0.5) is 4.39 Å². The van der Waals surface area contributed by atoms with Crippen molar-refractivity contribution in [1.82, 2.24) is 5.43 Å². The average molecular weight is 417 g/mol. The minimum Gasteiger partial charge on any atom is -0.493 e. The van der Waals surface area contributed by atoms with Gasteiger partial charge in [0.25, 0.3) is 5.91 Å². The first-order chi connectivity index (χ1) is 15.0. The quantitative estimate of drug-likeness (QED) is 0.285. The Morgan fingerprint density at radius 2 is 1.68 bits per heavy atom. The molecule has 3 rings (SSSR count). The van der Waals surface area contributed by atoms with Gasteiger partial charge in [-0.2, -0.15) is 10.4 Å². The fraction of sp³-hybridized carbons (Fsp3) is 0.0435. The van der Waals surface area contributed by atoms with Gasteiger partial charge in [0, 0.05) is 5.56 Å². The average Bonchev–Trinajstić information content (AvgIpc) is 2.80. The van der Waals surface area contributed by atoms with E-state index in [4.69, 9.17) is 14.7 Å². The molecule has 0 radical (unpaired) electrons. The molecule has 0 bridgehead atoms. The van der Waals surface area contributed by atoms with Crippen LogP contribution >= 0.6 is 0 Å². The van der Waals surface area contributed by atoms with Crippen LogP contribution in [0, 0.1) is 17.1 Å². The molecule has 3 aromatic carbocycles. The fourth-order valence-corrected chi connectivity index (χ4v) is 2.52. The molecule has 7 nitrogen and oxygen atoms in total. The van der Waals surface area contributed by atoms with Crippen LogP contribution in [-0.2, 0) is 0 Å². The van der Waals surface area contributed by atoms with Crippen LogP contribution in [0.25, 0.3) is 0 Å². The van der Waals surface area contributed by atoms with E-state index < -0.39 is 17.7 Å². The summed E-state index contributed by atoms with van der Waals surface area (Å²) in [7, 11) is 1.41. The summed E-state index contributed by atoms with van der Waals surface area (Å²) in [6.07, 6.45) is 1.40. The van der Waals surface area contributed by atoms with Crippen LogP contribution in [0.5, 0.6) is 11.5 Å². The Hall–Kier alpha value is -4.51. The highest BCUT2D eigenvalue weighted by Gasteiger charge is 2.13. The second-order valence-electron chi connectivity index (χ2n) is 6.19. The smallest absolute Gasteiger partial charge is 0.343 e. The maximum atomic E-state index is 13.0. The summed E-state index contributed by atoms with van der Waals surface area (Å²) in [5.74, 6) is -1.09. The van der Waals surface area contributed by atoms with Gasteiger partial charge in [0.15, 0.2) is 11.5 Å². The van der Waals surface area contributed by atoms with Gasteiger partial charge >= 0.3 is 5.97 Å². The molecular weight excluding hydrogens is 401 g/mol. The monoisotopic (exact) mass is 417 g/mol. The van der Waals surface area contributed by atoms with E-state index >= 15 is 0 Å². The number of hydrogen-bond donors (Lipinski definition) is 1. The molecule has 0 unspecified atom stereocenters. The second-order valence-corrected chi connectivity index (χ2v) is 6.19. The van der Waals surface area contributed by atoms with Crippen LogP contribution < -0.4 is 14.9 Å². The zero-order valence-electron chi connectivity index (χ0n) is 16.3. The van der Waals surface area contributed by atoms with E-state index in [1.165, 1.54) is 67.9 Å². The standard InChI is InChI=1S/C23H16FN3O4/c1-30-21-12-16(14-26-27-22(28)17-5-2-15(13-25)3-6-17)4-11-20(21)31-23(29)18-7-9-19(24)10-8-18/h2-12,14H,1H3,(H,27,28)/b26-14-. The number of rotatable bonds is 6. The number of ether oxygens (including phenoxy) is 2.